The van der Waals surface area contributed by atoms with Crippen LogP contribution in [0.1, 0.15) is 18.1 Å². The maximum absolute atomic E-state index is 12.1. The summed E-state index contributed by atoms with van der Waals surface area (Å²) in [5, 5.41) is 2.39. The fourth-order valence-electron chi connectivity index (χ4n) is 1.98. The van der Waals surface area contributed by atoms with Crippen LogP contribution < -0.4 is 10.1 Å². The zero-order valence-corrected chi connectivity index (χ0v) is 14.9. The SMILES string of the molecule is Cc1ccc(NC(=O)CSC(C)C(=O)Oc2cccc(C)c2)cc1. The summed E-state index contributed by atoms with van der Waals surface area (Å²) in [7, 11) is 0. The van der Waals surface area contributed by atoms with Gasteiger partial charge in [0.1, 0.15) is 11.0 Å². The Labute approximate surface area is 146 Å². The first kappa shape index (κ1) is 18.1. The number of carbonyl (C=O) groups excluding carboxylic acids is 2. The lowest BCUT2D eigenvalue weighted by molar-refractivity contribution is -0.133. The molecule has 0 saturated carbocycles. The molecule has 0 saturated heterocycles. The third-order valence-electron chi connectivity index (χ3n) is 3.34. The van der Waals surface area contributed by atoms with Gasteiger partial charge in [-0.15, -0.1) is 11.8 Å². The number of rotatable bonds is 6. The lowest BCUT2D eigenvalue weighted by Gasteiger charge is -2.11. The summed E-state index contributed by atoms with van der Waals surface area (Å²) in [6.45, 7) is 5.66. The molecule has 0 aliphatic carbocycles. The number of ether oxygens (including phenoxy) is 1. The van der Waals surface area contributed by atoms with Crippen molar-refractivity contribution >= 4 is 29.3 Å². The Balaban J connectivity index is 1.79. The molecule has 126 valence electrons. The highest BCUT2D eigenvalue weighted by atomic mass is 32.2. The minimum atomic E-state index is -0.422. The minimum Gasteiger partial charge on any atom is -0.426 e. The highest BCUT2D eigenvalue weighted by molar-refractivity contribution is 8.01. The van der Waals surface area contributed by atoms with Gasteiger partial charge in [-0.25, -0.2) is 0 Å². The highest BCUT2D eigenvalue weighted by Crippen LogP contribution is 2.18. The maximum atomic E-state index is 12.1. The molecular formula is C19H21NO3S. The Morgan fingerprint density at radius 1 is 1.08 bits per heavy atom. The van der Waals surface area contributed by atoms with Gasteiger partial charge in [0.15, 0.2) is 0 Å². The second-order valence-corrected chi connectivity index (χ2v) is 6.93. The Morgan fingerprint density at radius 3 is 2.46 bits per heavy atom. The number of benzene rings is 2. The summed E-state index contributed by atoms with van der Waals surface area (Å²) in [6.07, 6.45) is 0. The van der Waals surface area contributed by atoms with Crippen molar-refractivity contribution in [3.63, 3.8) is 0 Å². The molecule has 2 aromatic carbocycles. The minimum absolute atomic E-state index is 0.140. The molecule has 0 aromatic heterocycles. The molecule has 0 radical (unpaired) electrons. The van der Waals surface area contributed by atoms with E-state index in [1.165, 1.54) is 11.8 Å². The number of aryl methyl sites for hydroxylation is 2. The van der Waals surface area contributed by atoms with Gasteiger partial charge in [0, 0.05) is 5.69 Å². The summed E-state index contributed by atoms with van der Waals surface area (Å²) >= 11 is 1.25. The van der Waals surface area contributed by atoms with Crippen LogP contribution in [0.3, 0.4) is 0 Å². The summed E-state index contributed by atoms with van der Waals surface area (Å²) in [5.41, 5.74) is 2.91. The molecule has 0 fully saturated rings. The van der Waals surface area contributed by atoms with Crippen LogP contribution in [0, 0.1) is 13.8 Å². The van der Waals surface area contributed by atoms with Crippen molar-refractivity contribution in [1.29, 1.82) is 0 Å². The molecule has 5 heteroatoms. The van der Waals surface area contributed by atoms with E-state index in [2.05, 4.69) is 5.32 Å². The van der Waals surface area contributed by atoms with Gasteiger partial charge in [0.05, 0.1) is 5.75 Å². The Morgan fingerprint density at radius 2 is 1.79 bits per heavy atom. The van der Waals surface area contributed by atoms with E-state index in [9.17, 15) is 9.59 Å². The predicted molar refractivity (Wildman–Crippen MR) is 98.5 cm³/mol. The van der Waals surface area contributed by atoms with Gasteiger partial charge in [0.25, 0.3) is 0 Å². The summed E-state index contributed by atoms with van der Waals surface area (Å²) in [4.78, 5) is 24.0. The normalized spacial score (nSPS) is 11.6. The lowest BCUT2D eigenvalue weighted by Crippen LogP contribution is -2.23. The average Bonchev–Trinajstić information content (AvgIpc) is 2.54. The second kappa shape index (κ2) is 8.55. The van der Waals surface area contributed by atoms with Crippen molar-refractivity contribution in [1.82, 2.24) is 0 Å². The maximum Gasteiger partial charge on any atom is 0.324 e. The van der Waals surface area contributed by atoms with Crippen LogP contribution in [0.15, 0.2) is 48.5 Å². The van der Waals surface area contributed by atoms with Crippen LogP contribution >= 0.6 is 11.8 Å². The Hall–Kier alpha value is -2.27. The van der Waals surface area contributed by atoms with E-state index in [1.807, 2.05) is 50.2 Å². The van der Waals surface area contributed by atoms with Crippen molar-refractivity contribution < 1.29 is 14.3 Å². The lowest BCUT2D eigenvalue weighted by atomic mass is 10.2. The second-order valence-electron chi connectivity index (χ2n) is 5.61. The molecule has 0 bridgehead atoms. The fraction of sp³-hybridized carbons (Fsp3) is 0.263. The smallest absolute Gasteiger partial charge is 0.324 e. The van der Waals surface area contributed by atoms with Crippen LogP contribution in [0.5, 0.6) is 5.75 Å². The number of amides is 1. The van der Waals surface area contributed by atoms with Gasteiger partial charge in [0.2, 0.25) is 5.91 Å². The standard InChI is InChI=1S/C19H21NO3S/c1-13-7-9-16(10-8-13)20-18(21)12-24-15(3)19(22)23-17-6-4-5-14(2)11-17/h4-11,15H,12H2,1-3H3,(H,20,21). The largest absolute Gasteiger partial charge is 0.426 e. The molecule has 0 spiro atoms. The quantitative estimate of drug-likeness (QED) is 0.637. The molecule has 0 aliphatic heterocycles. The predicted octanol–water partition coefficient (Wildman–Crippen LogP) is 3.97. The van der Waals surface area contributed by atoms with Crippen molar-refractivity contribution in [3.05, 3.63) is 59.7 Å². The zero-order chi connectivity index (χ0) is 17.5. The molecule has 1 N–H and O–H groups in total. The van der Waals surface area contributed by atoms with E-state index >= 15 is 0 Å². The third-order valence-corrected chi connectivity index (χ3v) is 4.46. The first-order valence-electron chi connectivity index (χ1n) is 7.70. The summed E-state index contributed by atoms with van der Waals surface area (Å²) in [6, 6.07) is 14.9. The monoisotopic (exact) mass is 343 g/mol. The number of carbonyl (C=O) groups is 2. The van der Waals surface area contributed by atoms with Crippen LogP contribution in [0.2, 0.25) is 0 Å². The summed E-state index contributed by atoms with van der Waals surface area (Å²) < 4.78 is 5.33. The topological polar surface area (TPSA) is 55.4 Å². The fourth-order valence-corrected chi connectivity index (χ4v) is 2.64. The molecule has 1 atom stereocenters. The highest BCUT2D eigenvalue weighted by Gasteiger charge is 2.17. The number of anilines is 1. The number of esters is 1. The average molecular weight is 343 g/mol. The molecule has 4 nitrogen and oxygen atoms in total. The van der Waals surface area contributed by atoms with Crippen molar-refractivity contribution in [3.8, 4) is 5.75 Å². The van der Waals surface area contributed by atoms with Crippen LogP contribution in [0.25, 0.3) is 0 Å². The molecule has 1 unspecified atom stereocenters. The zero-order valence-electron chi connectivity index (χ0n) is 14.0. The van der Waals surface area contributed by atoms with Gasteiger partial charge < -0.3 is 10.1 Å². The van der Waals surface area contributed by atoms with Crippen molar-refractivity contribution in [2.24, 2.45) is 0 Å². The van der Waals surface area contributed by atoms with Crippen LogP contribution in [0.4, 0.5) is 5.69 Å². The Kier molecular flexibility index (Phi) is 6.44. The molecule has 2 aromatic rings. The van der Waals surface area contributed by atoms with Gasteiger partial charge in [-0.1, -0.05) is 29.8 Å². The van der Waals surface area contributed by atoms with E-state index in [4.69, 9.17) is 4.74 Å². The van der Waals surface area contributed by atoms with E-state index < -0.39 is 5.25 Å². The first-order chi connectivity index (χ1) is 11.4. The molecule has 0 aliphatic rings. The molecule has 24 heavy (non-hydrogen) atoms. The van der Waals surface area contributed by atoms with Crippen LogP contribution in [-0.2, 0) is 9.59 Å². The molecule has 2 rings (SSSR count). The number of thioether (sulfide) groups is 1. The van der Waals surface area contributed by atoms with Gasteiger partial charge >= 0.3 is 5.97 Å². The van der Waals surface area contributed by atoms with Crippen molar-refractivity contribution in [2.75, 3.05) is 11.1 Å². The van der Waals surface area contributed by atoms with Gasteiger partial charge in [-0.2, -0.15) is 0 Å². The van der Waals surface area contributed by atoms with E-state index in [-0.39, 0.29) is 17.6 Å². The van der Waals surface area contributed by atoms with Gasteiger partial charge in [-0.3, -0.25) is 9.59 Å². The number of hydrogen-bond acceptors (Lipinski definition) is 4. The third kappa shape index (κ3) is 5.74. The number of nitrogens with one attached hydrogen (secondary N) is 1. The van der Waals surface area contributed by atoms with E-state index in [0.717, 1.165) is 16.8 Å². The summed E-state index contributed by atoms with van der Waals surface area (Å²) in [5.74, 6) is 0.224. The van der Waals surface area contributed by atoms with Gasteiger partial charge in [-0.05, 0) is 50.6 Å². The molecule has 0 heterocycles. The van der Waals surface area contributed by atoms with Crippen molar-refractivity contribution in [2.45, 2.75) is 26.0 Å². The Bertz CT molecular complexity index is 713. The first-order valence-corrected chi connectivity index (χ1v) is 8.75. The number of hydrogen-bond donors (Lipinski definition) is 1. The van der Waals surface area contributed by atoms with Crippen LogP contribution in [-0.4, -0.2) is 22.9 Å². The molecular weight excluding hydrogens is 322 g/mol. The van der Waals surface area contributed by atoms with E-state index in [0.29, 0.717) is 5.75 Å². The molecule has 1 amide bonds. The van der Waals surface area contributed by atoms with E-state index in [1.54, 1.807) is 19.1 Å².